The van der Waals surface area contributed by atoms with Crippen molar-refractivity contribution in [2.75, 3.05) is 5.43 Å². The van der Waals surface area contributed by atoms with E-state index in [1.165, 1.54) is 24.1 Å². The van der Waals surface area contributed by atoms with Gasteiger partial charge in [0.05, 0.1) is 23.8 Å². The molecule has 26 heavy (non-hydrogen) atoms. The lowest BCUT2D eigenvalue weighted by atomic mass is 10.0. The van der Waals surface area contributed by atoms with E-state index in [1.54, 1.807) is 24.4 Å². The van der Waals surface area contributed by atoms with E-state index < -0.39 is 21.5 Å². The second-order valence-corrected chi connectivity index (χ2v) is 5.30. The van der Waals surface area contributed by atoms with Crippen molar-refractivity contribution in [1.82, 2.24) is 14.8 Å². The lowest BCUT2D eigenvalue weighted by Gasteiger charge is -2.19. The van der Waals surface area contributed by atoms with Crippen LogP contribution in [0.25, 0.3) is 0 Å². The van der Waals surface area contributed by atoms with Crippen LogP contribution in [0.15, 0.2) is 47.7 Å². The van der Waals surface area contributed by atoms with Gasteiger partial charge in [-0.25, -0.2) is 4.98 Å². The predicted octanol–water partition coefficient (Wildman–Crippen LogP) is 1.23. The van der Waals surface area contributed by atoms with Gasteiger partial charge < -0.3 is 4.74 Å². The van der Waals surface area contributed by atoms with Gasteiger partial charge in [0.2, 0.25) is 0 Å². The highest BCUT2D eigenvalue weighted by molar-refractivity contribution is 5.81. The van der Waals surface area contributed by atoms with E-state index in [0.717, 1.165) is 6.08 Å². The molecule has 1 atom stereocenters. The third-order valence-corrected chi connectivity index (χ3v) is 3.69. The molecule has 12 heteroatoms. The summed E-state index contributed by atoms with van der Waals surface area (Å²) in [6.45, 7) is 0. The largest absolute Gasteiger partial charge is 0.430 e. The van der Waals surface area contributed by atoms with Crippen LogP contribution in [0, 0.1) is 20.2 Å². The number of hydrazone groups is 1. The molecule has 2 aromatic rings. The fraction of sp³-hybridized carbons (Fsp3) is 0.214. The van der Waals surface area contributed by atoms with Crippen molar-refractivity contribution < 1.29 is 14.6 Å². The molecule has 0 spiro atoms. The molecule has 134 valence electrons. The zero-order valence-corrected chi connectivity index (χ0v) is 13.5. The first-order valence-electron chi connectivity index (χ1n) is 7.34. The molecule has 3 rings (SSSR count). The van der Waals surface area contributed by atoms with Crippen molar-refractivity contribution in [3.63, 3.8) is 0 Å². The maximum absolute atomic E-state index is 11.7. The lowest BCUT2D eigenvalue weighted by Crippen LogP contribution is -2.38. The van der Waals surface area contributed by atoms with Crippen LogP contribution in [-0.4, -0.2) is 30.8 Å². The van der Waals surface area contributed by atoms with Crippen molar-refractivity contribution >= 4 is 12.0 Å². The van der Waals surface area contributed by atoms with E-state index in [4.69, 9.17) is 4.74 Å². The molecule has 0 fully saturated rings. The Balaban J connectivity index is 1.91. The molecule has 1 aliphatic heterocycles. The predicted molar refractivity (Wildman–Crippen MR) is 88.1 cm³/mol. The maximum atomic E-state index is 11.7. The Morgan fingerprint density at radius 1 is 1.42 bits per heavy atom. The number of nitrogens with one attached hydrogen (secondary N) is 1. The zero-order chi connectivity index (χ0) is 18.7. The summed E-state index contributed by atoms with van der Waals surface area (Å²) in [7, 11) is 1.48. The standard InChI is InChI=1S/C14H13N7O5/c1-19-13(14(21(24)25)6-5-12(26-14)20(22)23)10(9-17-19)8-16-18-11-4-2-3-7-15-11/h2-5,7-9H,6H2,1H3,(H,15,18)/b16-8+. The molecule has 0 saturated heterocycles. The molecule has 0 saturated carbocycles. The van der Waals surface area contributed by atoms with Gasteiger partial charge in [-0.15, -0.1) is 0 Å². The summed E-state index contributed by atoms with van der Waals surface area (Å²) in [5, 5.41) is 30.6. The summed E-state index contributed by atoms with van der Waals surface area (Å²) >= 11 is 0. The van der Waals surface area contributed by atoms with E-state index in [9.17, 15) is 20.2 Å². The average Bonchev–Trinajstić information content (AvgIpc) is 3.21. The van der Waals surface area contributed by atoms with Crippen LogP contribution in [0.2, 0.25) is 0 Å². The Bertz CT molecular complexity index is 908. The number of hydrogen-bond donors (Lipinski definition) is 1. The number of rotatable bonds is 6. The van der Waals surface area contributed by atoms with Crippen LogP contribution in [-0.2, 0) is 17.5 Å². The first-order chi connectivity index (χ1) is 12.4. The number of pyridine rings is 1. The van der Waals surface area contributed by atoms with E-state index in [1.807, 2.05) is 0 Å². The zero-order valence-electron chi connectivity index (χ0n) is 13.5. The van der Waals surface area contributed by atoms with Crippen molar-refractivity contribution in [2.45, 2.75) is 12.1 Å². The fourth-order valence-electron chi connectivity index (χ4n) is 2.56. The number of aryl methyl sites for hydroxylation is 1. The highest BCUT2D eigenvalue weighted by Gasteiger charge is 2.57. The van der Waals surface area contributed by atoms with E-state index in [-0.39, 0.29) is 17.7 Å². The molecular formula is C14H13N7O5. The van der Waals surface area contributed by atoms with E-state index in [0.29, 0.717) is 5.82 Å². The minimum atomic E-state index is -2.14. The molecule has 3 heterocycles. The Hall–Kier alpha value is -3.83. The molecule has 0 amide bonds. The first kappa shape index (κ1) is 17.0. The van der Waals surface area contributed by atoms with E-state index >= 15 is 0 Å². The number of nitro groups is 2. The number of nitrogens with zero attached hydrogens (tertiary/aromatic N) is 6. The number of hydrogen-bond acceptors (Lipinski definition) is 9. The summed E-state index contributed by atoms with van der Waals surface area (Å²) in [5.74, 6) is -0.190. The summed E-state index contributed by atoms with van der Waals surface area (Å²) in [5.41, 5.74) is 0.866. The van der Waals surface area contributed by atoms with Crippen LogP contribution in [0.5, 0.6) is 0 Å². The third-order valence-electron chi connectivity index (χ3n) is 3.69. The Labute approximate surface area is 146 Å². The topological polar surface area (TPSA) is 151 Å². The maximum Gasteiger partial charge on any atom is 0.430 e. The quantitative estimate of drug-likeness (QED) is 0.459. The molecule has 1 unspecified atom stereocenters. The Morgan fingerprint density at radius 2 is 2.23 bits per heavy atom. The molecular weight excluding hydrogens is 346 g/mol. The van der Waals surface area contributed by atoms with Crippen LogP contribution in [0.1, 0.15) is 17.7 Å². The van der Waals surface area contributed by atoms with Gasteiger partial charge in [0.15, 0.2) is 5.69 Å². The normalized spacial score (nSPS) is 19.2. The molecule has 0 aliphatic carbocycles. The van der Waals surface area contributed by atoms with Gasteiger partial charge in [-0.2, -0.15) is 10.2 Å². The number of anilines is 1. The Kier molecular flexibility index (Phi) is 4.31. The van der Waals surface area contributed by atoms with Crippen molar-refractivity contribution in [2.24, 2.45) is 12.1 Å². The van der Waals surface area contributed by atoms with Gasteiger partial charge in [-0.1, -0.05) is 6.07 Å². The molecule has 1 N–H and O–H groups in total. The molecule has 0 radical (unpaired) electrons. The van der Waals surface area contributed by atoms with Crippen LogP contribution < -0.4 is 5.43 Å². The Morgan fingerprint density at radius 3 is 2.85 bits per heavy atom. The smallest absolute Gasteiger partial charge is 0.364 e. The molecule has 0 bridgehead atoms. The van der Waals surface area contributed by atoms with Gasteiger partial charge in [-0.3, -0.25) is 30.3 Å². The molecule has 0 aromatic carbocycles. The second-order valence-electron chi connectivity index (χ2n) is 5.30. The summed E-state index contributed by atoms with van der Waals surface area (Å²) in [6, 6.07) is 5.19. The van der Waals surface area contributed by atoms with Gasteiger partial charge >= 0.3 is 11.6 Å². The highest BCUT2D eigenvalue weighted by Crippen LogP contribution is 2.39. The molecule has 2 aromatic heterocycles. The minimum Gasteiger partial charge on any atom is -0.364 e. The SMILES string of the molecule is Cn1ncc(/C=N/Nc2ccccn2)c1C1([N+](=O)[O-])CC=C([N+](=O)[O-])O1. The second kappa shape index (κ2) is 6.58. The molecule has 1 aliphatic rings. The van der Waals surface area contributed by atoms with Gasteiger partial charge in [0.1, 0.15) is 10.7 Å². The average molecular weight is 359 g/mol. The lowest BCUT2D eigenvalue weighted by molar-refractivity contribution is -0.648. The first-order valence-corrected chi connectivity index (χ1v) is 7.34. The van der Waals surface area contributed by atoms with Crippen LogP contribution in [0.3, 0.4) is 0 Å². The highest BCUT2D eigenvalue weighted by atomic mass is 16.7. The van der Waals surface area contributed by atoms with Gasteiger partial charge in [0, 0.05) is 24.9 Å². The molecule has 12 nitrogen and oxygen atoms in total. The third kappa shape index (κ3) is 2.94. The summed E-state index contributed by atoms with van der Waals surface area (Å²) in [6.07, 6.45) is 5.02. The van der Waals surface area contributed by atoms with Crippen molar-refractivity contribution in [3.05, 3.63) is 74.0 Å². The van der Waals surface area contributed by atoms with Crippen molar-refractivity contribution in [3.8, 4) is 0 Å². The summed E-state index contributed by atoms with van der Waals surface area (Å²) in [4.78, 5) is 25.1. The van der Waals surface area contributed by atoms with Crippen LogP contribution >= 0.6 is 0 Å². The monoisotopic (exact) mass is 359 g/mol. The van der Waals surface area contributed by atoms with Gasteiger partial charge in [0.25, 0.3) is 0 Å². The van der Waals surface area contributed by atoms with E-state index in [2.05, 4.69) is 20.6 Å². The fourth-order valence-corrected chi connectivity index (χ4v) is 2.56. The summed E-state index contributed by atoms with van der Waals surface area (Å²) < 4.78 is 6.35. The number of ether oxygens (including phenoxy) is 1. The van der Waals surface area contributed by atoms with Gasteiger partial charge in [-0.05, 0) is 12.1 Å². The van der Waals surface area contributed by atoms with Crippen molar-refractivity contribution in [1.29, 1.82) is 0 Å². The van der Waals surface area contributed by atoms with Crippen LogP contribution in [0.4, 0.5) is 5.82 Å². The minimum absolute atomic E-state index is 0.0437. The number of aromatic nitrogens is 3.